The van der Waals surface area contributed by atoms with Gasteiger partial charge in [-0.2, -0.15) is 0 Å². The first-order valence-corrected chi connectivity index (χ1v) is 9.98. The highest BCUT2D eigenvalue weighted by molar-refractivity contribution is 7.99. The van der Waals surface area contributed by atoms with Crippen LogP contribution in [0.1, 0.15) is 18.5 Å². The summed E-state index contributed by atoms with van der Waals surface area (Å²) in [5.74, 6) is 1.14. The normalized spacial score (nSPS) is 25.7. The number of nitrogens with one attached hydrogen (secondary N) is 2. The summed E-state index contributed by atoms with van der Waals surface area (Å²) >= 11 is 7.99. The molecule has 8 heteroatoms. The van der Waals surface area contributed by atoms with Crippen LogP contribution in [-0.4, -0.2) is 60.8 Å². The van der Waals surface area contributed by atoms with Gasteiger partial charge in [-0.05, 0) is 19.1 Å². The second kappa shape index (κ2) is 8.68. The van der Waals surface area contributed by atoms with Gasteiger partial charge in [0.25, 0.3) is 0 Å². The number of benzene rings is 1. The van der Waals surface area contributed by atoms with Gasteiger partial charge in [0.1, 0.15) is 5.82 Å². The quantitative estimate of drug-likeness (QED) is 0.809. The Bertz CT molecular complexity index is 595. The van der Waals surface area contributed by atoms with Crippen LogP contribution in [0.15, 0.2) is 18.2 Å². The molecule has 138 valence electrons. The molecule has 1 aromatic rings. The number of amides is 1. The van der Waals surface area contributed by atoms with Crippen LogP contribution in [0.4, 0.5) is 4.39 Å². The van der Waals surface area contributed by atoms with Crippen molar-refractivity contribution in [2.24, 2.45) is 0 Å². The Morgan fingerprint density at radius 2 is 2.44 bits per heavy atom. The summed E-state index contributed by atoms with van der Waals surface area (Å²) in [6, 6.07) is 4.19. The molecule has 0 radical (unpaired) electrons. The number of carbonyl (C=O) groups is 1. The van der Waals surface area contributed by atoms with Crippen molar-refractivity contribution in [3.8, 4) is 0 Å². The average Bonchev–Trinajstić information content (AvgIpc) is 3.12. The highest BCUT2D eigenvalue weighted by Crippen LogP contribution is 2.31. The fraction of sp³-hybridized carbons (Fsp3) is 0.588. The molecule has 2 aliphatic rings. The molecule has 1 amide bonds. The molecule has 0 saturated carbocycles. The summed E-state index contributed by atoms with van der Waals surface area (Å²) in [6.45, 7) is 4.23. The number of ether oxygens (including phenoxy) is 1. The Morgan fingerprint density at radius 1 is 1.60 bits per heavy atom. The first-order valence-electron chi connectivity index (χ1n) is 8.44. The second-order valence-corrected chi connectivity index (χ2v) is 7.78. The summed E-state index contributed by atoms with van der Waals surface area (Å²) in [7, 11) is 0. The van der Waals surface area contributed by atoms with Crippen LogP contribution in [0.25, 0.3) is 0 Å². The van der Waals surface area contributed by atoms with E-state index in [2.05, 4.69) is 15.5 Å². The summed E-state index contributed by atoms with van der Waals surface area (Å²) in [4.78, 5) is 14.5. The summed E-state index contributed by atoms with van der Waals surface area (Å²) in [5, 5.41) is 6.50. The average molecular weight is 388 g/mol. The van der Waals surface area contributed by atoms with Crippen molar-refractivity contribution in [2.45, 2.75) is 25.1 Å². The zero-order chi connectivity index (χ0) is 17.8. The molecule has 2 aliphatic heterocycles. The van der Waals surface area contributed by atoms with Crippen molar-refractivity contribution in [2.75, 3.05) is 37.9 Å². The standard InChI is InChI=1S/C17H23ClFN3O2S/c1-11-8-22(5-6-24-11)15(16-12(18)3-2-4-13(16)19)7-20-17(23)14-9-25-10-21-14/h2-4,11,14-15,21H,5-10H2,1H3,(H,20,23)/t11-,14-,15+/m1/s1. The van der Waals surface area contributed by atoms with E-state index in [-0.39, 0.29) is 29.9 Å². The Kier molecular flexibility index (Phi) is 6.57. The molecule has 0 bridgehead atoms. The van der Waals surface area contributed by atoms with Gasteiger partial charge < -0.3 is 10.1 Å². The number of nitrogens with zero attached hydrogens (tertiary/aromatic N) is 1. The lowest BCUT2D eigenvalue weighted by molar-refractivity contribution is -0.122. The minimum Gasteiger partial charge on any atom is -0.376 e. The van der Waals surface area contributed by atoms with Gasteiger partial charge in [-0.3, -0.25) is 15.0 Å². The van der Waals surface area contributed by atoms with E-state index < -0.39 is 0 Å². The molecule has 2 N–H and O–H groups in total. The minimum absolute atomic E-state index is 0.0521. The third-order valence-electron chi connectivity index (χ3n) is 4.55. The molecular formula is C17H23ClFN3O2S. The second-order valence-electron chi connectivity index (χ2n) is 6.34. The van der Waals surface area contributed by atoms with E-state index in [1.54, 1.807) is 23.9 Å². The third-order valence-corrected chi connectivity index (χ3v) is 5.82. The highest BCUT2D eigenvalue weighted by Gasteiger charge is 2.30. The molecule has 0 aliphatic carbocycles. The van der Waals surface area contributed by atoms with Crippen LogP contribution in [0, 0.1) is 5.82 Å². The Hall–Kier alpha value is -0.860. The molecule has 5 nitrogen and oxygen atoms in total. The Morgan fingerprint density at radius 3 is 3.12 bits per heavy atom. The van der Waals surface area contributed by atoms with Crippen molar-refractivity contribution >= 4 is 29.3 Å². The summed E-state index contributed by atoms with van der Waals surface area (Å²) in [5.41, 5.74) is 0.437. The predicted molar refractivity (Wildman–Crippen MR) is 98.4 cm³/mol. The molecule has 2 heterocycles. The maximum Gasteiger partial charge on any atom is 0.238 e. The summed E-state index contributed by atoms with van der Waals surface area (Å²) in [6.07, 6.45) is 0.0606. The van der Waals surface area contributed by atoms with Gasteiger partial charge >= 0.3 is 0 Å². The van der Waals surface area contributed by atoms with Gasteiger partial charge in [-0.25, -0.2) is 4.39 Å². The molecule has 2 fully saturated rings. The van der Waals surface area contributed by atoms with Crippen molar-refractivity contribution in [3.05, 3.63) is 34.6 Å². The van der Waals surface area contributed by atoms with Crippen molar-refractivity contribution in [3.63, 3.8) is 0 Å². The van der Waals surface area contributed by atoms with E-state index in [1.807, 2.05) is 6.92 Å². The van der Waals surface area contributed by atoms with Gasteiger partial charge in [0.05, 0.1) is 24.8 Å². The largest absolute Gasteiger partial charge is 0.376 e. The van der Waals surface area contributed by atoms with Crippen molar-refractivity contribution in [1.82, 2.24) is 15.5 Å². The third kappa shape index (κ3) is 4.65. The Labute approximate surface area is 156 Å². The summed E-state index contributed by atoms with van der Waals surface area (Å²) < 4.78 is 20.1. The van der Waals surface area contributed by atoms with E-state index in [0.29, 0.717) is 36.8 Å². The number of thioether (sulfide) groups is 1. The van der Waals surface area contributed by atoms with Gasteiger partial charge in [0, 0.05) is 41.8 Å². The van der Waals surface area contributed by atoms with E-state index in [1.165, 1.54) is 6.07 Å². The SMILES string of the molecule is C[C@@H]1CN([C@@H](CNC(=O)[C@H]2CSCN2)c2c(F)cccc2Cl)CCO1. The van der Waals surface area contributed by atoms with Crippen LogP contribution in [0.3, 0.4) is 0 Å². The molecule has 0 unspecified atom stereocenters. The fourth-order valence-corrected chi connectivity index (χ4v) is 4.49. The lowest BCUT2D eigenvalue weighted by atomic mass is 10.0. The van der Waals surface area contributed by atoms with Crippen LogP contribution in [0.2, 0.25) is 5.02 Å². The first kappa shape index (κ1) is 18.9. The van der Waals surface area contributed by atoms with Crippen molar-refractivity contribution < 1.29 is 13.9 Å². The van der Waals surface area contributed by atoms with Crippen molar-refractivity contribution in [1.29, 1.82) is 0 Å². The van der Waals surface area contributed by atoms with Crippen LogP contribution in [0.5, 0.6) is 0 Å². The number of hydrogen-bond donors (Lipinski definition) is 2. The molecule has 3 rings (SSSR count). The molecule has 2 saturated heterocycles. The molecule has 25 heavy (non-hydrogen) atoms. The zero-order valence-corrected chi connectivity index (χ0v) is 15.7. The van der Waals surface area contributed by atoms with Crippen LogP contribution in [-0.2, 0) is 9.53 Å². The van der Waals surface area contributed by atoms with Gasteiger partial charge in [-0.15, -0.1) is 11.8 Å². The molecule has 3 atom stereocenters. The number of hydrogen-bond acceptors (Lipinski definition) is 5. The number of morpholine rings is 1. The Balaban J connectivity index is 1.77. The van der Waals surface area contributed by atoms with Crippen LogP contribution < -0.4 is 10.6 Å². The fourth-order valence-electron chi connectivity index (χ4n) is 3.26. The topological polar surface area (TPSA) is 53.6 Å². The first-order chi connectivity index (χ1) is 12.1. The smallest absolute Gasteiger partial charge is 0.238 e. The van der Waals surface area contributed by atoms with Gasteiger partial charge in [0.2, 0.25) is 5.91 Å². The molecule has 0 aromatic heterocycles. The number of carbonyl (C=O) groups excluding carboxylic acids is 1. The van der Waals surface area contributed by atoms with E-state index in [4.69, 9.17) is 16.3 Å². The van der Waals surface area contributed by atoms with Gasteiger partial charge in [-0.1, -0.05) is 17.7 Å². The minimum atomic E-state index is -0.347. The number of rotatable bonds is 5. The molecule has 1 aromatic carbocycles. The van der Waals surface area contributed by atoms with Gasteiger partial charge in [0.15, 0.2) is 0 Å². The zero-order valence-electron chi connectivity index (χ0n) is 14.1. The maximum atomic E-state index is 14.5. The highest BCUT2D eigenvalue weighted by atomic mass is 35.5. The lowest BCUT2D eigenvalue weighted by Crippen LogP contribution is -2.49. The van der Waals surface area contributed by atoms with Crippen LogP contribution >= 0.6 is 23.4 Å². The van der Waals surface area contributed by atoms with E-state index >= 15 is 0 Å². The predicted octanol–water partition coefficient (Wildman–Crippen LogP) is 2.02. The number of halogens is 2. The van der Waals surface area contributed by atoms with E-state index in [0.717, 1.165) is 11.6 Å². The molecule has 0 spiro atoms. The monoisotopic (exact) mass is 387 g/mol. The molecular weight excluding hydrogens is 365 g/mol. The van der Waals surface area contributed by atoms with E-state index in [9.17, 15) is 9.18 Å². The maximum absolute atomic E-state index is 14.5. The lowest BCUT2D eigenvalue weighted by Gasteiger charge is -2.38.